The Morgan fingerprint density at radius 2 is 1.82 bits per heavy atom. The summed E-state index contributed by atoms with van der Waals surface area (Å²) in [5.74, 6) is 1.86. The standard InChI is InChI=1S/C21H23N7/c1-2-27-15-17(14-23-27)18-11-19-16(12-22-18)13-24-28(19)21-8-6-7-20(25-21)26-9-4-3-5-10-26/h6-8,11-15H,2-5,9-10H2,1H3. The summed E-state index contributed by atoms with van der Waals surface area (Å²) in [6.07, 6.45) is 11.4. The van der Waals surface area contributed by atoms with Gasteiger partial charge in [0.2, 0.25) is 0 Å². The molecule has 0 atom stereocenters. The summed E-state index contributed by atoms with van der Waals surface area (Å²) in [6, 6.07) is 8.23. The maximum atomic E-state index is 4.90. The minimum Gasteiger partial charge on any atom is -0.357 e. The van der Waals surface area contributed by atoms with E-state index >= 15 is 0 Å². The second kappa shape index (κ2) is 7.07. The SMILES string of the molecule is CCn1cc(-c2cc3c(cn2)cnn3-c2cccc(N3CCCCC3)n2)cn1. The summed E-state index contributed by atoms with van der Waals surface area (Å²) in [5, 5.41) is 9.94. The van der Waals surface area contributed by atoms with Crippen molar-refractivity contribution in [2.24, 2.45) is 0 Å². The molecule has 0 radical (unpaired) electrons. The summed E-state index contributed by atoms with van der Waals surface area (Å²) in [4.78, 5) is 11.9. The fourth-order valence-corrected chi connectivity index (χ4v) is 3.76. The fourth-order valence-electron chi connectivity index (χ4n) is 3.76. The minimum absolute atomic E-state index is 0.833. The smallest absolute Gasteiger partial charge is 0.156 e. The predicted octanol–water partition coefficient (Wildman–Crippen LogP) is 3.69. The predicted molar refractivity (Wildman–Crippen MR) is 110 cm³/mol. The van der Waals surface area contributed by atoms with Crippen molar-refractivity contribution < 1.29 is 0 Å². The quantitative estimate of drug-likeness (QED) is 0.546. The van der Waals surface area contributed by atoms with E-state index in [9.17, 15) is 0 Å². The third-order valence-corrected chi connectivity index (χ3v) is 5.32. The zero-order valence-corrected chi connectivity index (χ0v) is 16.0. The van der Waals surface area contributed by atoms with Crippen LogP contribution in [0.5, 0.6) is 0 Å². The second-order valence-electron chi connectivity index (χ2n) is 7.17. The van der Waals surface area contributed by atoms with Gasteiger partial charge in [-0.25, -0.2) is 9.67 Å². The Bertz CT molecular complexity index is 1100. The molecule has 142 valence electrons. The molecule has 7 heteroatoms. The van der Waals surface area contributed by atoms with Gasteiger partial charge in [0.1, 0.15) is 5.82 Å². The summed E-state index contributed by atoms with van der Waals surface area (Å²) >= 11 is 0. The molecule has 4 aromatic heterocycles. The van der Waals surface area contributed by atoms with Crippen molar-refractivity contribution in [2.75, 3.05) is 18.0 Å². The van der Waals surface area contributed by atoms with E-state index in [1.54, 1.807) is 0 Å². The van der Waals surface area contributed by atoms with Gasteiger partial charge in [-0.2, -0.15) is 10.2 Å². The summed E-state index contributed by atoms with van der Waals surface area (Å²) < 4.78 is 3.81. The lowest BCUT2D eigenvalue weighted by Gasteiger charge is -2.27. The van der Waals surface area contributed by atoms with Crippen LogP contribution in [0.4, 0.5) is 5.82 Å². The van der Waals surface area contributed by atoms with Crippen LogP contribution in [0.15, 0.2) is 49.1 Å². The Labute approximate surface area is 163 Å². The summed E-state index contributed by atoms with van der Waals surface area (Å²) in [6.45, 7) is 5.06. The van der Waals surface area contributed by atoms with Gasteiger partial charge in [-0.3, -0.25) is 9.67 Å². The van der Waals surface area contributed by atoms with Crippen molar-refractivity contribution in [3.8, 4) is 17.1 Å². The van der Waals surface area contributed by atoms with Crippen LogP contribution in [-0.4, -0.2) is 42.6 Å². The fraction of sp³-hybridized carbons (Fsp3) is 0.333. The molecule has 0 N–H and O–H groups in total. The lowest BCUT2D eigenvalue weighted by molar-refractivity contribution is 0.573. The Morgan fingerprint density at radius 1 is 0.964 bits per heavy atom. The maximum absolute atomic E-state index is 4.90. The molecular formula is C21H23N7. The number of nitrogens with zero attached hydrogens (tertiary/aromatic N) is 7. The number of fused-ring (bicyclic) bond motifs is 1. The Balaban J connectivity index is 1.54. The van der Waals surface area contributed by atoms with Crippen LogP contribution >= 0.6 is 0 Å². The Hall–Kier alpha value is -3.22. The Kier molecular flexibility index (Phi) is 4.27. The zero-order valence-electron chi connectivity index (χ0n) is 16.0. The largest absolute Gasteiger partial charge is 0.357 e. The van der Waals surface area contributed by atoms with E-state index < -0.39 is 0 Å². The third kappa shape index (κ3) is 3.02. The molecule has 0 unspecified atom stereocenters. The zero-order chi connectivity index (χ0) is 18.9. The third-order valence-electron chi connectivity index (χ3n) is 5.32. The number of pyridine rings is 2. The van der Waals surface area contributed by atoms with E-state index in [4.69, 9.17) is 4.98 Å². The van der Waals surface area contributed by atoms with Gasteiger partial charge in [0, 0.05) is 43.0 Å². The average Bonchev–Trinajstić information content (AvgIpc) is 3.41. The van der Waals surface area contributed by atoms with Gasteiger partial charge in [-0.1, -0.05) is 6.07 Å². The van der Waals surface area contributed by atoms with Crippen molar-refractivity contribution in [1.82, 2.24) is 29.5 Å². The van der Waals surface area contributed by atoms with E-state index in [2.05, 4.69) is 45.2 Å². The molecule has 0 amide bonds. The molecule has 0 aliphatic carbocycles. The van der Waals surface area contributed by atoms with Crippen molar-refractivity contribution in [2.45, 2.75) is 32.7 Å². The first-order valence-electron chi connectivity index (χ1n) is 9.91. The topological polar surface area (TPSA) is 64.7 Å². The van der Waals surface area contributed by atoms with Crippen LogP contribution in [0, 0.1) is 0 Å². The summed E-state index contributed by atoms with van der Waals surface area (Å²) in [7, 11) is 0. The molecule has 28 heavy (non-hydrogen) atoms. The number of hydrogen-bond acceptors (Lipinski definition) is 5. The molecule has 1 aliphatic heterocycles. The van der Waals surface area contributed by atoms with Gasteiger partial charge >= 0.3 is 0 Å². The molecule has 0 spiro atoms. The molecule has 5 heterocycles. The number of piperidine rings is 1. The van der Waals surface area contributed by atoms with Crippen molar-refractivity contribution >= 4 is 16.7 Å². The highest BCUT2D eigenvalue weighted by molar-refractivity contribution is 5.83. The number of aromatic nitrogens is 6. The van der Waals surface area contributed by atoms with E-state index in [0.29, 0.717) is 0 Å². The lowest BCUT2D eigenvalue weighted by Crippen LogP contribution is -2.30. The molecule has 1 fully saturated rings. The first kappa shape index (κ1) is 16.9. The number of hydrogen-bond donors (Lipinski definition) is 0. The van der Waals surface area contributed by atoms with E-state index in [1.165, 1.54) is 19.3 Å². The van der Waals surface area contributed by atoms with Crippen LogP contribution in [0.3, 0.4) is 0 Å². The molecule has 1 aliphatic rings. The van der Waals surface area contributed by atoms with Gasteiger partial charge < -0.3 is 4.90 Å². The molecule has 0 aromatic carbocycles. The highest BCUT2D eigenvalue weighted by Crippen LogP contribution is 2.24. The van der Waals surface area contributed by atoms with Gasteiger partial charge in [0.05, 0.1) is 23.6 Å². The highest BCUT2D eigenvalue weighted by Gasteiger charge is 2.14. The molecule has 4 aromatic rings. The van der Waals surface area contributed by atoms with Crippen LogP contribution in [0.1, 0.15) is 26.2 Å². The van der Waals surface area contributed by atoms with Crippen LogP contribution < -0.4 is 4.90 Å². The van der Waals surface area contributed by atoms with Crippen LogP contribution in [0.25, 0.3) is 28.0 Å². The molecule has 5 rings (SSSR count). The van der Waals surface area contributed by atoms with Gasteiger partial charge in [0.25, 0.3) is 0 Å². The molecule has 7 nitrogen and oxygen atoms in total. The van der Waals surface area contributed by atoms with Crippen LogP contribution in [0.2, 0.25) is 0 Å². The van der Waals surface area contributed by atoms with Gasteiger partial charge in [0.15, 0.2) is 5.82 Å². The van der Waals surface area contributed by atoms with Crippen LogP contribution in [-0.2, 0) is 6.54 Å². The van der Waals surface area contributed by atoms with E-state index in [1.807, 2.05) is 40.2 Å². The monoisotopic (exact) mass is 373 g/mol. The van der Waals surface area contributed by atoms with Crippen molar-refractivity contribution in [3.05, 3.63) is 49.1 Å². The first-order chi connectivity index (χ1) is 13.8. The van der Waals surface area contributed by atoms with E-state index in [-0.39, 0.29) is 0 Å². The van der Waals surface area contributed by atoms with Gasteiger partial charge in [-0.15, -0.1) is 0 Å². The molecule has 0 saturated carbocycles. The molecule has 0 bridgehead atoms. The Morgan fingerprint density at radius 3 is 2.64 bits per heavy atom. The average molecular weight is 373 g/mol. The number of aryl methyl sites for hydroxylation is 1. The maximum Gasteiger partial charge on any atom is 0.156 e. The summed E-state index contributed by atoms with van der Waals surface area (Å²) in [5.41, 5.74) is 2.89. The number of rotatable bonds is 4. The lowest BCUT2D eigenvalue weighted by atomic mass is 10.1. The van der Waals surface area contributed by atoms with E-state index in [0.717, 1.165) is 53.4 Å². The normalized spacial score (nSPS) is 14.7. The molecular weight excluding hydrogens is 350 g/mol. The highest BCUT2D eigenvalue weighted by atomic mass is 15.3. The van der Waals surface area contributed by atoms with Crippen molar-refractivity contribution in [3.63, 3.8) is 0 Å². The molecule has 1 saturated heterocycles. The minimum atomic E-state index is 0.833. The van der Waals surface area contributed by atoms with Gasteiger partial charge in [-0.05, 0) is 44.4 Å². The number of anilines is 1. The van der Waals surface area contributed by atoms with Crippen molar-refractivity contribution in [1.29, 1.82) is 0 Å². The second-order valence-corrected chi connectivity index (χ2v) is 7.17. The first-order valence-corrected chi connectivity index (χ1v) is 9.91.